The number of H-pyrrole nitrogens is 1. The zero-order valence-corrected chi connectivity index (χ0v) is 16.9. The zero-order valence-electron chi connectivity index (χ0n) is 16.9. The van der Waals surface area contributed by atoms with E-state index in [0.29, 0.717) is 5.95 Å². The van der Waals surface area contributed by atoms with E-state index in [9.17, 15) is 0 Å². The van der Waals surface area contributed by atoms with E-state index >= 15 is 0 Å². The summed E-state index contributed by atoms with van der Waals surface area (Å²) >= 11 is 0. The van der Waals surface area contributed by atoms with Crippen LogP contribution in [0.25, 0.3) is 11.3 Å². The van der Waals surface area contributed by atoms with Crippen LogP contribution < -0.4 is 10.2 Å². The molecule has 6 nitrogen and oxygen atoms in total. The largest absolute Gasteiger partial charge is 0.372 e. The molecule has 4 rings (SSSR count). The van der Waals surface area contributed by atoms with E-state index in [0.717, 1.165) is 35.7 Å². The van der Waals surface area contributed by atoms with Crippen LogP contribution in [0, 0.1) is 13.8 Å². The Morgan fingerprint density at radius 3 is 2.43 bits per heavy atom. The Morgan fingerprint density at radius 1 is 1.07 bits per heavy atom. The van der Waals surface area contributed by atoms with Gasteiger partial charge in [0.25, 0.3) is 0 Å². The van der Waals surface area contributed by atoms with E-state index < -0.39 is 0 Å². The van der Waals surface area contributed by atoms with Crippen molar-refractivity contribution in [2.45, 2.75) is 39.9 Å². The summed E-state index contributed by atoms with van der Waals surface area (Å²) in [7, 11) is 0. The van der Waals surface area contributed by atoms with Crippen molar-refractivity contribution in [3.05, 3.63) is 54.0 Å². The van der Waals surface area contributed by atoms with Gasteiger partial charge in [-0.3, -0.25) is 0 Å². The van der Waals surface area contributed by atoms with E-state index in [4.69, 9.17) is 9.72 Å². The van der Waals surface area contributed by atoms with E-state index in [2.05, 4.69) is 72.1 Å². The molecule has 1 fully saturated rings. The number of aryl methyl sites for hydroxylation is 2. The number of benzene rings is 1. The molecule has 146 valence electrons. The lowest BCUT2D eigenvalue weighted by Crippen LogP contribution is -2.45. The van der Waals surface area contributed by atoms with Crippen molar-refractivity contribution in [2.75, 3.05) is 23.3 Å². The molecule has 3 aromatic rings. The Labute approximate surface area is 166 Å². The van der Waals surface area contributed by atoms with E-state index in [1.54, 1.807) is 6.20 Å². The molecule has 1 aliphatic rings. The van der Waals surface area contributed by atoms with Gasteiger partial charge in [0.05, 0.1) is 17.9 Å². The topological polar surface area (TPSA) is 66.1 Å². The van der Waals surface area contributed by atoms with Gasteiger partial charge in [0.2, 0.25) is 5.95 Å². The van der Waals surface area contributed by atoms with Gasteiger partial charge in [0.1, 0.15) is 0 Å². The molecule has 1 aliphatic heterocycles. The van der Waals surface area contributed by atoms with Crippen LogP contribution in [0.4, 0.5) is 17.3 Å². The number of nitrogens with one attached hydrogen (secondary N) is 2. The summed E-state index contributed by atoms with van der Waals surface area (Å²) < 4.78 is 5.83. The van der Waals surface area contributed by atoms with Gasteiger partial charge in [-0.15, -0.1) is 0 Å². The Bertz CT molecular complexity index is 920. The molecule has 2 unspecified atom stereocenters. The summed E-state index contributed by atoms with van der Waals surface area (Å²) in [6.45, 7) is 10.2. The molecule has 2 N–H and O–H groups in total. The fourth-order valence-corrected chi connectivity index (χ4v) is 3.88. The summed E-state index contributed by atoms with van der Waals surface area (Å²) in [5.74, 6) is 0.596. The van der Waals surface area contributed by atoms with Crippen LogP contribution in [0.15, 0.2) is 42.7 Å². The first kappa shape index (κ1) is 18.5. The molecule has 0 amide bonds. The molecule has 0 radical (unpaired) electrons. The standard InChI is InChI=1S/C22H27N5O/c1-14-11-24-17(4)21(14)20-9-10-23-22(26-20)25-18-5-7-19(8-6-18)27-12-15(2)28-16(3)13-27/h5-11,15-16,24H,12-13H2,1-4H3,(H,23,25,26). The quantitative estimate of drug-likeness (QED) is 0.703. The normalized spacial score (nSPS) is 19.6. The first-order valence-electron chi connectivity index (χ1n) is 9.75. The van der Waals surface area contributed by atoms with Gasteiger partial charge >= 0.3 is 0 Å². The lowest BCUT2D eigenvalue weighted by atomic mass is 10.1. The fourth-order valence-electron chi connectivity index (χ4n) is 3.88. The third kappa shape index (κ3) is 3.87. The second-order valence-electron chi connectivity index (χ2n) is 7.57. The fraction of sp³-hybridized carbons (Fsp3) is 0.364. The van der Waals surface area contributed by atoms with Crippen LogP contribution in [-0.2, 0) is 4.74 Å². The molecule has 0 spiro atoms. The van der Waals surface area contributed by atoms with Gasteiger partial charge in [-0.05, 0) is 63.6 Å². The Morgan fingerprint density at radius 2 is 1.79 bits per heavy atom. The highest BCUT2D eigenvalue weighted by Gasteiger charge is 2.22. The highest BCUT2D eigenvalue weighted by Crippen LogP contribution is 2.27. The first-order valence-corrected chi connectivity index (χ1v) is 9.75. The maximum absolute atomic E-state index is 5.83. The van der Waals surface area contributed by atoms with Crippen LogP contribution in [0.5, 0.6) is 0 Å². The molecule has 1 saturated heterocycles. The van der Waals surface area contributed by atoms with Crippen molar-refractivity contribution in [1.29, 1.82) is 0 Å². The molecule has 2 aromatic heterocycles. The Balaban J connectivity index is 1.50. The zero-order chi connectivity index (χ0) is 19.7. The van der Waals surface area contributed by atoms with Crippen molar-refractivity contribution in [1.82, 2.24) is 15.0 Å². The van der Waals surface area contributed by atoms with Crippen molar-refractivity contribution in [2.24, 2.45) is 0 Å². The lowest BCUT2D eigenvalue weighted by molar-refractivity contribution is -0.00521. The van der Waals surface area contributed by atoms with Crippen molar-refractivity contribution < 1.29 is 4.74 Å². The summed E-state index contributed by atoms with van der Waals surface area (Å²) in [6, 6.07) is 10.4. The molecule has 0 bridgehead atoms. The molecule has 3 heterocycles. The number of hydrogen-bond donors (Lipinski definition) is 2. The Hall–Kier alpha value is -2.86. The molecule has 2 atom stereocenters. The number of morpholine rings is 1. The van der Waals surface area contributed by atoms with E-state index in [1.807, 2.05) is 12.3 Å². The van der Waals surface area contributed by atoms with Crippen molar-refractivity contribution in [3.63, 3.8) is 0 Å². The van der Waals surface area contributed by atoms with Crippen molar-refractivity contribution >= 4 is 17.3 Å². The van der Waals surface area contributed by atoms with Crippen LogP contribution in [-0.4, -0.2) is 40.2 Å². The molecule has 0 aliphatic carbocycles. The number of aromatic amines is 1. The van der Waals surface area contributed by atoms with Gasteiger partial charge in [-0.25, -0.2) is 9.97 Å². The third-order valence-corrected chi connectivity index (χ3v) is 5.09. The van der Waals surface area contributed by atoms with Crippen molar-refractivity contribution in [3.8, 4) is 11.3 Å². The summed E-state index contributed by atoms with van der Waals surface area (Å²) in [4.78, 5) is 14.7. The first-order chi connectivity index (χ1) is 13.5. The van der Waals surface area contributed by atoms with Gasteiger partial charge in [0, 0.05) is 48.1 Å². The minimum atomic E-state index is 0.248. The minimum Gasteiger partial charge on any atom is -0.372 e. The monoisotopic (exact) mass is 377 g/mol. The van der Waals surface area contributed by atoms with Gasteiger partial charge in [0.15, 0.2) is 0 Å². The highest BCUT2D eigenvalue weighted by molar-refractivity contribution is 5.68. The minimum absolute atomic E-state index is 0.248. The third-order valence-electron chi connectivity index (χ3n) is 5.09. The summed E-state index contributed by atoms with van der Waals surface area (Å²) in [6.07, 6.45) is 4.30. The number of rotatable bonds is 4. The Kier molecular flexibility index (Phi) is 5.05. The van der Waals surface area contributed by atoms with Gasteiger partial charge in [-0.2, -0.15) is 0 Å². The highest BCUT2D eigenvalue weighted by atomic mass is 16.5. The SMILES string of the molecule is Cc1c[nH]c(C)c1-c1ccnc(Nc2ccc(N3CC(C)OC(C)C3)cc2)n1. The van der Waals surface area contributed by atoms with E-state index in [1.165, 1.54) is 11.3 Å². The van der Waals surface area contributed by atoms with Crippen LogP contribution in [0.3, 0.4) is 0 Å². The molecule has 0 saturated carbocycles. The maximum atomic E-state index is 5.83. The molecular formula is C22H27N5O. The summed E-state index contributed by atoms with van der Waals surface area (Å²) in [5.41, 5.74) is 6.53. The van der Waals surface area contributed by atoms with Crippen LogP contribution in [0.1, 0.15) is 25.1 Å². The smallest absolute Gasteiger partial charge is 0.227 e. The average Bonchev–Trinajstić information content (AvgIpc) is 3.00. The van der Waals surface area contributed by atoms with Gasteiger partial charge < -0.3 is 19.9 Å². The average molecular weight is 377 g/mol. The van der Waals surface area contributed by atoms with Crippen LogP contribution >= 0.6 is 0 Å². The number of nitrogens with zero attached hydrogens (tertiary/aromatic N) is 3. The number of ether oxygens (including phenoxy) is 1. The molecule has 28 heavy (non-hydrogen) atoms. The predicted octanol–water partition coefficient (Wildman–Crippen LogP) is 4.45. The number of anilines is 3. The number of aromatic nitrogens is 3. The molecule has 6 heteroatoms. The number of hydrogen-bond acceptors (Lipinski definition) is 5. The lowest BCUT2D eigenvalue weighted by Gasteiger charge is -2.36. The molecule has 1 aromatic carbocycles. The maximum Gasteiger partial charge on any atom is 0.227 e. The second kappa shape index (κ2) is 7.64. The predicted molar refractivity (Wildman–Crippen MR) is 113 cm³/mol. The van der Waals surface area contributed by atoms with E-state index in [-0.39, 0.29) is 12.2 Å². The second-order valence-corrected chi connectivity index (χ2v) is 7.57. The molecular weight excluding hydrogens is 350 g/mol. The van der Waals surface area contributed by atoms with Gasteiger partial charge in [-0.1, -0.05) is 0 Å². The summed E-state index contributed by atoms with van der Waals surface area (Å²) in [5, 5.41) is 3.32. The van der Waals surface area contributed by atoms with Crippen LogP contribution in [0.2, 0.25) is 0 Å².